The summed E-state index contributed by atoms with van der Waals surface area (Å²) >= 11 is 5.83. The van der Waals surface area contributed by atoms with Crippen molar-refractivity contribution in [2.75, 3.05) is 11.9 Å². The van der Waals surface area contributed by atoms with Crippen molar-refractivity contribution in [2.24, 2.45) is 5.41 Å². The minimum atomic E-state index is -1.18. The quantitative estimate of drug-likeness (QED) is 0.777. The number of rotatable bonds is 5. The minimum absolute atomic E-state index is 0.0126. The first kappa shape index (κ1) is 16.3. The molecule has 0 aliphatic heterocycles. The van der Waals surface area contributed by atoms with Crippen LogP contribution in [0.1, 0.15) is 37.6 Å². The molecule has 0 aromatic heterocycles. The maximum atomic E-state index is 11.8. The minimum Gasteiger partial charge on any atom is -0.478 e. The molecule has 0 atom stereocenters. The van der Waals surface area contributed by atoms with Gasteiger partial charge in [-0.2, -0.15) is 0 Å². The fourth-order valence-electron chi connectivity index (χ4n) is 1.46. The van der Waals surface area contributed by atoms with Crippen LogP contribution in [0.5, 0.6) is 0 Å². The van der Waals surface area contributed by atoms with E-state index in [1.54, 1.807) is 6.07 Å². The summed E-state index contributed by atoms with van der Waals surface area (Å²) in [7, 11) is 0. The lowest BCUT2D eigenvalue weighted by molar-refractivity contribution is 0.0698. The molecule has 0 unspecified atom stereocenters. The van der Waals surface area contributed by atoms with E-state index >= 15 is 0 Å². The van der Waals surface area contributed by atoms with Crippen LogP contribution in [-0.2, 0) is 0 Å². The first-order valence-corrected chi connectivity index (χ1v) is 6.71. The molecule has 110 valence electrons. The molecule has 1 aromatic carbocycles. The summed E-state index contributed by atoms with van der Waals surface area (Å²) in [6.07, 6.45) is 0.921. The molecule has 6 heteroatoms. The van der Waals surface area contributed by atoms with Crippen LogP contribution in [0.2, 0.25) is 5.02 Å². The lowest BCUT2D eigenvalue weighted by Crippen LogP contribution is -2.36. The number of amides is 2. The van der Waals surface area contributed by atoms with Gasteiger partial charge >= 0.3 is 12.0 Å². The first-order chi connectivity index (χ1) is 9.26. The van der Waals surface area contributed by atoms with Gasteiger partial charge in [0.05, 0.1) is 10.7 Å². The zero-order valence-electron chi connectivity index (χ0n) is 11.8. The van der Waals surface area contributed by atoms with E-state index in [0.717, 1.165) is 6.42 Å². The molecule has 0 heterocycles. The summed E-state index contributed by atoms with van der Waals surface area (Å²) in [6.45, 7) is 6.61. The van der Waals surface area contributed by atoms with Gasteiger partial charge in [0.1, 0.15) is 5.56 Å². The maximum Gasteiger partial charge on any atom is 0.339 e. The van der Waals surface area contributed by atoms with Crippen molar-refractivity contribution >= 4 is 29.3 Å². The third-order valence-corrected chi connectivity index (χ3v) is 3.48. The van der Waals surface area contributed by atoms with E-state index < -0.39 is 12.0 Å². The number of benzene rings is 1. The summed E-state index contributed by atoms with van der Waals surface area (Å²) in [6, 6.07) is 4.10. The monoisotopic (exact) mass is 298 g/mol. The third kappa shape index (κ3) is 4.42. The van der Waals surface area contributed by atoms with Gasteiger partial charge in [0.2, 0.25) is 0 Å². The molecule has 0 saturated heterocycles. The van der Waals surface area contributed by atoms with E-state index in [9.17, 15) is 9.59 Å². The number of carbonyl (C=O) groups is 2. The molecule has 3 N–H and O–H groups in total. The Balaban J connectivity index is 2.77. The highest BCUT2D eigenvalue weighted by Gasteiger charge is 2.18. The van der Waals surface area contributed by atoms with Crippen LogP contribution in [0.4, 0.5) is 10.5 Å². The number of aromatic carboxylic acids is 1. The van der Waals surface area contributed by atoms with E-state index in [1.165, 1.54) is 12.1 Å². The second kappa shape index (κ2) is 6.61. The van der Waals surface area contributed by atoms with Crippen molar-refractivity contribution in [1.29, 1.82) is 0 Å². The molecule has 2 amide bonds. The molecule has 5 nitrogen and oxygen atoms in total. The topological polar surface area (TPSA) is 78.4 Å². The Morgan fingerprint density at radius 2 is 2.00 bits per heavy atom. The number of nitrogens with one attached hydrogen (secondary N) is 2. The molecular formula is C14H19ClN2O3. The Kier molecular flexibility index (Phi) is 5.39. The molecule has 1 rings (SSSR count). The van der Waals surface area contributed by atoms with Crippen LogP contribution in [0.25, 0.3) is 0 Å². The fraction of sp³-hybridized carbons (Fsp3) is 0.429. The predicted molar refractivity (Wildman–Crippen MR) is 79.5 cm³/mol. The van der Waals surface area contributed by atoms with Gasteiger partial charge in [-0.25, -0.2) is 9.59 Å². The van der Waals surface area contributed by atoms with Gasteiger partial charge in [0.25, 0.3) is 0 Å². The second-order valence-electron chi connectivity index (χ2n) is 5.29. The molecule has 0 bridgehead atoms. The van der Waals surface area contributed by atoms with Crippen LogP contribution in [0.3, 0.4) is 0 Å². The van der Waals surface area contributed by atoms with E-state index in [4.69, 9.17) is 16.7 Å². The lowest BCUT2D eigenvalue weighted by Gasteiger charge is -2.23. The van der Waals surface area contributed by atoms with Crippen molar-refractivity contribution in [2.45, 2.75) is 27.2 Å². The standard InChI is InChI=1S/C14H19ClN2O3/c1-4-14(2,3)8-16-13(20)17-10-7-5-6-9(15)11(10)12(18)19/h5-7H,4,8H2,1-3H3,(H,18,19)(H2,16,17,20). The fourth-order valence-corrected chi connectivity index (χ4v) is 1.71. The number of carboxylic acids is 1. The van der Waals surface area contributed by atoms with Crippen LogP contribution in [0, 0.1) is 5.41 Å². The maximum absolute atomic E-state index is 11.8. The van der Waals surface area contributed by atoms with E-state index in [-0.39, 0.29) is 21.7 Å². The van der Waals surface area contributed by atoms with Crippen LogP contribution in [-0.4, -0.2) is 23.7 Å². The summed E-state index contributed by atoms with van der Waals surface area (Å²) in [5.41, 5.74) is 0.0530. The summed E-state index contributed by atoms with van der Waals surface area (Å²) in [5, 5.41) is 14.4. The number of anilines is 1. The van der Waals surface area contributed by atoms with E-state index in [1.807, 2.05) is 20.8 Å². The third-order valence-electron chi connectivity index (χ3n) is 3.16. The molecule has 0 radical (unpaired) electrons. The van der Waals surface area contributed by atoms with Gasteiger partial charge in [0.15, 0.2) is 0 Å². The molecule has 0 spiro atoms. The average molecular weight is 299 g/mol. The highest BCUT2D eigenvalue weighted by atomic mass is 35.5. The van der Waals surface area contributed by atoms with Crippen molar-refractivity contribution in [3.8, 4) is 0 Å². The highest BCUT2D eigenvalue weighted by molar-refractivity contribution is 6.34. The zero-order valence-corrected chi connectivity index (χ0v) is 12.5. The van der Waals surface area contributed by atoms with Crippen LogP contribution >= 0.6 is 11.6 Å². The average Bonchev–Trinajstić information content (AvgIpc) is 2.36. The summed E-state index contributed by atoms with van der Waals surface area (Å²) in [4.78, 5) is 22.9. The second-order valence-corrected chi connectivity index (χ2v) is 5.70. The lowest BCUT2D eigenvalue weighted by atomic mass is 9.90. The van der Waals surface area contributed by atoms with Gasteiger partial charge in [-0.15, -0.1) is 0 Å². The molecule has 20 heavy (non-hydrogen) atoms. The summed E-state index contributed by atoms with van der Waals surface area (Å²) in [5.74, 6) is -1.18. The van der Waals surface area contributed by atoms with Crippen LogP contribution < -0.4 is 10.6 Å². The van der Waals surface area contributed by atoms with Crippen molar-refractivity contribution in [1.82, 2.24) is 5.32 Å². The van der Waals surface area contributed by atoms with Crippen LogP contribution in [0.15, 0.2) is 18.2 Å². The van der Waals surface area contributed by atoms with Gasteiger partial charge in [0, 0.05) is 6.54 Å². The largest absolute Gasteiger partial charge is 0.478 e. The Labute approximate surface area is 123 Å². The van der Waals surface area contributed by atoms with Crippen molar-refractivity contribution < 1.29 is 14.7 Å². The number of hydrogen-bond acceptors (Lipinski definition) is 2. The number of carbonyl (C=O) groups excluding carboxylic acids is 1. The SMILES string of the molecule is CCC(C)(C)CNC(=O)Nc1cccc(Cl)c1C(=O)O. The highest BCUT2D eigenvalue weighted by Crippen LogP contribution is 2.24. The summed E-state index contributed by atoms with van der Waals surface area (Å²) < 4.78 is 0. The van der Waals surface area contributed by atoms with Gasteiger partial charge in [-0.1, -0.05) is 38.4 Å². The number of carboxylic acid groups (broad SMARTS) is 1. The molecule has 0 fully saturated rings. The van der Waals surface area contributed by atoms with E-state index in [2.05, 4.69) is 10.6 Å². The first-order valence-electron chi connectivity index (χ1n) is 6.33. The molecule has 1 aromatic rings. The zero-order chi connectivity index (χ0) is 15.3. The Morgan fingerprint density at radius 1 is 1.35 bits per heavy atom. The normalized spacial score (nSPS) is 11.0. The number of urea groups is 1. The molecule has 0 saturated carbocycles. The van der Waals surface area contributed by atoms with Crippen molar-refractivity contribution in [3.63, 3.8) is 0 Å². The molecule has 0 aliphatic carbocycles. The Bertz CT molecular complexity index is 515. The number of hydrogen-bond donors (Lipinski definition) is 3. The Hall–Kier alpha value is -1.75. The molecule has 0 aliphatic rings. The number of halogens is 1. The van der Waals surface area contributed by atoms with Gasteiger partial charge in [-0.05, 0) is 24.0 Å². The van der Waals surface area contributed by atoms with Crippen molar-refractivity contribution in [3.05, 3.63) is 28.8 Å². The molecular weight excluding hydrogens is 280 g/mol. The van der Waals surface area contributed by atoms with Gasteiger partial charge < -0.3 is 15.7 Å². The Morgan fingerprint density at radius 3 is 2.55 bits per heavy atom. The van der Waals surface area contributed by atoms with E-state index in [0.29, 0.717) is 6.54 Å². The van der Waals surface area contributed by atoms with Gasteiger partial charge in [-0.3, -0.25) is 0 Å². The predicted octanol–water partition coefficient (Wildman–Crippen LogP) is 3.60. The smallest absolute Gasteiger partial charge is 0.339 e.